The third kappa shape index (κ3) is 5.95. The van der Waals surface area contributed by atoms with Crippen molar-refractivity contribution in [1.29, 1.82) is 0 Å². The lowest BCUT2D eigenvalue weighted by Crippen LogP contribution is -2.43. The molecule has 0 aliphatic carbocycles. The van der Waals surface area contributed by atoms with Crippen molar-refractivity contribution in [3.05, 3.63) is 41.5 Å². The Labute approximate surface area is 176 Å². The van der Waals surface area contributed by atoms with Gasteiger partial charge in [0.25, 0.3) is 11.8 Å². The van der Waals surface area contributed by atoms with Crippen LogP contribution in [0.1, 0.15) is 33.0 Å². The average molecular weight is 440 g/mol. The van der Waals surface area contributed by atoms with Crippen molar-refractivity contribution >= 4 is 17.5 Å². The summed E-state index contributed by atoms with van der Waals surface area (Å²) >= 11 is 0. The number of carbonyl (C=O) groups is 2. The molecule has 9 nitrogen and oxygen atoms in total. The molecule has 1 fully saturated rings. The molecule has 2 aromatic rings. The number of aromatic nitrogens is 2. The minimum absolute atomic E-state index is 0.0463. The number of nitrogens with two attached hydrogens (primary N) is 1. The normalized spacial score (nSPS) is 14.9. The summed E-state index contributed by atoms with van der Waals surface area (Å²) in [6.07, 6.45) is -3.00. The topological polar surface area (TPSA) is 125 Å². The van der Waals surface area contributed by atoms with Crippen LogP contribution < -0.4 is 21.1 Å². The summed E-state index contributed by atoms with van der Waals surface area (Å²) in [6.45, 7) is 4.77. The first-order chi connectivity index (χ1) is 14.8. The molecule has 2 amide bonds. The van der Waals surface area contributed by atoms with Crippen molar-refractivity contribution in [3.8, 4) is 5.75 Å². The first kappa shape index (κ1) is 22.6. The Morgan fingerprint density at radius 2 is 2.00 bits per heavy atom. The monoisotopic (exact) mass is 440 g/mol. The van der Waals surface area contributed by atoms with Crippen LogP contribution in [-0.2, 0) is 6.18 Å². The Morgan fingerprint density at radius 1 is 1.26 bits per heavy atom. The molecule has 31 heavy (non-hydrogen) atoms. The molecule has 0 radical (unpaired) electrons. The number of alkyl halides is 3. The lowest BCUT2D eigenvalue weighted by Gasteiger charge is -2.27. The highest BCUT2D eigenvalue weighted by Crippen LogP contribution is 2.37. The molecule has 0 saturated carbocycles. The maximum atomic E-state index is 13.5. The molecule has 3 rings (SSSR count). The molecule has 0 unspecified atom stereocenters. The van der Waals surface area contributed by atoms with Gasteiger partial charge < -0.3 is 31.0 Å². The molecular formula is C19H23F3N6O3. The number of hydrogen-bond donors (Lipinski definition) is 4. The van der Waals surface area contributed by atoms with Crippen LogP contribution in [-0.4, -0.2) is 66.0 Å². The Kier molecular flexibility index (Phi) is 7.13. The van der Waals surface area contributed by atoms with E-state index >= 15 is 0 Å². The number of piperazine rings is 1. The maximum Gasteiger partial charge on any atom is 0.418 e. The number of halogens is 3. The molecule has 1 aliphatic rings. The number of carbonyl (C=O) groups excluding carboxylic acids is 2. The van der Waals surface area contributed by atoms with Crippen LogP contribution in [0.4, 0.5) is 18.9 Å². The summed E-state index contributed by atoms with van der Waals surface area (Å²) in [5.74, 6) is -1.90. The molecule has 0 atom stereocenters. The van der Waals surface area contributed by atoms with Crippen molar-refractivity contribution in [3.63, 3.8) is 0 Å². The predicted octanol–water partition coefficient (Wildman–Crippen LogP) is 1.45. The Balaban J connectivity index is 1.66. The molecule has 2 heterocycles. The van der Waals surface area contributed by atoms with E-state index in [0.29, 0.717) is 6.42 Å². The molecule has 1 aliphatic heterocycles. The van der Waals surface area contributed by atoms with E-state index in [1.807, 2.05) is 0 Å². The number of benzene rings is 1. The number of anilines is 1. The molecule has 1 aromatic heterocycles. The summed E-state index contributed by atoms with van der Waals surface area (Å²) in [6, 6.07) is 3.28. The van der Waals surface area contributed by atoms with E-state index in [2.05, 4.69) is 25.5 Å². The second-order valence-corrected chi connectivity index (χ2v) is 6.94. The number of nitrogens with zero attached hydrogens (tertiary/aromatic N) is 2. The number of ether oxygens (including phenoxy) is 1. The van der Waals surface area contributed by atoms with Crippen molar-refractivity contribution in [2.75, 3.05) is 44.6 Å². The lowest BCUT2D eigenvalue weighted by atomic mass is 10.1. The van der Waals surface area contributed by atoms with Gasteiger partial charge in [0.1, 0.15) is 11.4 Å². The number of hydrogen-bond acceptors (Lipinski definition) is 6. The second-order valence-electron chi connectivity index (χ2n) is 6.94. The van der Waals surface area contributed by atoms with E-state index in [1.165, 1.54) is 6.07 Å². The number of nitrogens with one attached hydrogen (secondary N) is 3. The van der Waals surface area contributed by atoms with Gasteiger partial charge in [-0.2, -0.15) is 13.2 Å². The van der Waals surface area contributed by atoms with Crippen molar-refractivity contribution in [2.45, 2.75) is 12.6 Å². The van der Waals surface area contributed by atoms with E-state index in [-0.39, 0.29) is 23.7 Å². The minimum Gasteiger partial charge on any atom is -0.494 e. The zero-order valence-electron chi connectivity index (χ0n) is 16.6. The number of H-pyrrole nitrogens is 1. The highest BCUT2D eigenvalue weighted by Gasteiger charge is 2.35. The Bertz CT molecular complexity index is 925. The van der Waals surface area contributed by atoms with E-state index < -0.39 is 29.2 Å². The molecule has 1 aromatic carbocycles. The molecular weight excluding hydrogens is 417 g/mol. The van der Waals surface area contributed by atoms with E-state index in [0.717, 1.165) is 51.2 Å². The average Bonchev–Trinajstić information content (AvgIpc) is 3.22. The molecule has 0 bridgehead atoms. The molecule has 0 spiro atoms. The number of amides is 2. The predicted molar refractivity (Wildman–Crippen MR) is 106 cm³/mol. The van der Waals surface area contributed by atoms with Gasteiger partial charge >= 0.3 is 6.18 Å². The van der Waals surface area contributed by atoms with Crippen molar-refractivity contribution in [1.82, 2.24) is 20.2 Å². The quantitative estimate of drug-likeness (QED) is 0.461. The second kappa shape index (κ2) is 9.79. The van der Waals surface area contributed by atoms with Gasteiger partial charge in [-0.25, -0.2) is 4.98 Å². The van der Waals surface area contributed by atoms with Crippen molar-refractivity contribution < 1.29 is 27.5 Å². The van der Waals surface area contributed by atoms with Gasteiger partial charge in [0.2, 0.25) is 0 Å². The van der Waals surface area contributed by atoms with E-state index in [9.17, 15) is 22.8 Å². The third-order valence-electron chi connectivity index (χ3n) is 4.74. The van der Waals surface area contributed by atoms with Gasteiger partial charge in [-0.1, -0.05) is 0 Å². The van der Waals surface area contributed by atoms with Crippen LogP contribution in [0.5, 0.6) is 5.75 Å². The molecule has 1 saturated heterocycles. The molecule has 168 valence electrons. The van der Waals surface area contributed by atoms with Gasteiger partial charge in [0.05, 0.1) is 24.2 Å². The summed E-state index contributed by atoms with van der Waals surface area (Å²) in [5, 5.41) is 5.40. The number of primary amides is 1. The minimum atomic E-state index is -4.73. The first-order valence-electron chi connectivity index (χ1n) is 9.67. The fourth-order valence-electron chi connectivity index (χ4n) is 3.21. The molecule has 12 heteroatoms. The van der Waals surface area contributed by atoms with Crippen LogP contribution in [0.2, 0.25) is 0 Å². The summed E-state index contributed by atoms with van der Waals surface area (Å²) in [7, 11) is 0. The summed E-state index contributed by atoms with van der Waals surface area (Å²) < 4.78 is 46.1. The Hall–Kier alpha value is -3.12. The zero-order valence-corrected chi connectivity index (χ0v) is 16.6. The van der Waals surface area contributed by atoms with Crippen LogP contribution in [0.3, 0.4) is 0 Å². The van der Waals surface area contributed by atoms with Gasteiger partial charge in [0.15, 0.2) is 5.69 Å². The highest BCUT2D eigenvalue weighted by atomic mass is 19.4. The molecule has 5 N–H and O–H groups in total. The van der Waals surface area contributed by atoms with Gasteiger partial charge in [0, 0.05) is 32.7 Å². The third-order valence-corrected chi connectivity index (χ3v) is 4.74. The van der Waals surface area contributed by atoms with Gasteiger partial charge in [-0.05, 0) is 24.6 Å². The number of imidazole rings is 1. The van der Waals surface area contributed by atoms with Gasteiger partial charge in [-0.3, -0.25) is 9.59 Å². The standard InChI is InChI=1S/C19H23F3N6O3/c20-19(21,22)13-10-12(31-9-1-6-28-7-4-24-5-8-28)2-3-14(13)27-18(30)16-15(17(23)29)25-11-26-16/h2-3,10-11,24H,1,4-9H2,(H2,23,29)(H,25,26)(H,27,30). The maximum absolute atomic E-state index is 13.5. The fraction of sp³-hybridized carbons (Fsp3) is 0.421. The van der Waals surface area contributed by atoms with Crippen molar-refractivity contribution in [2.24, 2.45) is 5.73 Å². The first-order valence-corrected chi connectivity index (χ1v) is 9.67. The highest BCUT2D eigenvalue weighted by molar-refractivity contribution is 6.10. The Morgan fingerprint density at radius 3 is 2.68 bits per heavy atom. The van der Waals surface area contributed by atoms with Crippen LogP contribution in [0.15, 0.2) is 24.5 Å². The SMILES string of the molecule is NC(=O)c1nc[nH]c1C(=O)Nc1ccc(OCCCN2CCNCC2)cc1C(F)(F)F. The van der Waals surface area contributed by atoms with Crippen LogP contribution in [0, 0.1) is 0 Å². The van der Waals surface area contributed by atoms with Gasteiger partial charge in [-0.15, -0.1) is 0 Å². The summed E-state index contributed by atoms with van der Waals surface area (Å²) in [5.41, 5.74) is 2.88. The number of aromatic amines is 1. The fourth-order valence-corrected chi connectivity index (χ4v) is 3.21. The number of rotatable bonds is 8. The van der Waals surface area contributed by atoms with Crippen LogP contribution >= 0.6 is 0 Å². The van der Waals surface area contributed by atoms with Crippen LogP contribution in [0.25, 0.3) is 0 Å². The van der Waals surface area contributed by atoms with E-state index in [1.54, 1.807) is 0 Å². The van der Waals surface area contributed by atoms with E-state index in [4.69, 9.17) is 10.5 Å². The summed E-state index contributed by atoms with van der Waals surface area (Å²) in [4.78, 5) is 31.9. The smallest absolute Gasteiger partial charge is 0.418 e. The zero-order chi connectivity index (χ0) is 22.4. The lowest BCUT2D eigenvalue weighted by molar-refractivity contribution is -0.137. The largest absolute Gasteiger partial charge is 0.494 e.